The van der Waals surface area contributed by atoms with Crippen molar-refractivity contribution in [2.45, 2.75) is 38.6 Å². The van der Waals surface area contributed by atoms with E-state index >= 15 is 0 Å². The maximum atomic E-state index is 12.6. The molecule has 2 aromatic rings. The van der Waals surface area contributed by atoms with Gasteiger partial charge in [0.25, 0.3) is 5.91 Å². The van der Waals surface area contributed by atoms with Gasteiger partial charge in [-0.15, -0.1) is 0 Å². The highest BCUT2D eigenvalue weighted by atomic mass is 16.2. The Morgan fingerprint density at radius 3 is 3.00 bits per heavy atom. The van der Waals surface area contributed by atoms with Crippen molar-refractivity contribution in [3.63, 3.8) is 0 Å². The summed E-state index contributed by atoms with van der Waals surface area (Å²) >= 11 is 0. The van der Waals surface area contributed by atoms with E-state index in [0.29, 0.717) is 11.7 Å². The van der Waals surface area contributed by atoms with E-state index < -0.39 is 0 Å². The van der Waals surface area contributed by atoms with Crippen molar-refractivity contribution in [2.24, 2.45) is 7.05 Å². The summed E-state index contributed by atoms with van der Waals surface area (Å²) in [6, 6.07) is 6.31. The Morgan fingerprint density at radius 1 is 1.41 bits per heavy atom. The molecule has 0 bridgehead atoms. The summed E-state index contributed by atoms with van der Waals surface area (Å²) in [5.41, 5.74) is 2.89. The van der Waals surface area contributed by atoms with Gasteiger partial charge in [0, 0.05) is 37.7 Å². The van der Waals surface area contributed by atoms with Gasteiger partial charge in [-0.2, -0.15) is 5.10 Å². The third-order valence-corrected chi connectivity index (χ3v) is 4.30. The maximum Gasteiger partial charge on any atom is 0.274 e. The zero-order chi connectivity index (χ0) is 15.5. The quantitative estimate of drug-likeness (QED) is 0.870. The van der Waals surface area contributed by atoms with Crippen molar-refractivity contribution in [2.75, 3.05) is 6.54 Å². The molecule has 5 heteroatoms. The van der Waals surface area contributed by atoms with Crippen molar-refractivity contribution < 1.29 is 4.79 Å². The van der Waals surface area contributed by atoms with Crippen LogP contribution < -0.4 is 0 Å². The Balaban J connectivity index is 1.64. The Bertz CT molecular complexity index is 664. The lowest BCUT2D eigenvalue weighted by molar-refractivity contribution is 0.0724. The van der Waals surface area contributed by atoms with Crippen LogP contribution in [-0.4, -0.2) is 38.2 Å². The van der Waals surface area contributed by atoms with Crippen molar-refractivity contribution in [3.8, 4) is 0 Å². The van der Waals surface area contributed by atoms with Crippen LogP contribution in [0, 0.1) is 6.92 Å². The molecule has 3 rings (SSSR count). The fraction of sp³-hybridized carbons (Fsp3) is 0.471. The molecule has 2 aromatic heterocycles. The highest BCUT2D eigenvalue weighted by molar-refractivity contribution is 5.92. The van der Waals surface area contributed by atoms with Crippen molar-refractivity contribution >= 4 is 5.91 Å². The summed E-state index contributed by atoms with van der Waals surface area (Å²) in [7, 11) is 1.84. The lowest BCUT2D eigenvalue weighted by Crippen LogP contribution is -2.36. The average molecular weight is 298 g/mol. The summed E-state index contributed by atoms with van der Waals surface area (Å²) in [4.78, 5) is 18.8. The number of hydrogen-bond acceptors (Lipinski definition) is 3. The first-order valence-corrected chi connectivity index (χ1v) is 7.85. The molecule has 22 heavy (non-hydrogen) atoms. The van der Waals surface area contributed by atoms with Gasteiger partial charge in [0.15, 0.2) is 0 Å². The zero-order valence-electron chi connectivity index (χ0n) is 13.2. The van der Waals surface area contributed by atoms with Crippen LogP contribution in [0.4, 0.5) is 0 Å². The van der Waals surface area contributed by atoms with E-state index in [1.807, 2.05) is 31.3 Å². The van der Waals surface area contributed by atoms with Gasteiger partial charge in [-0.1, -0.05) is 0 Å². The van der Waals surface area contributed by atoms with E-state index in [9.17, 15) is 4.79 Å². The van der Waals surface area contributed by atoms with Crippen LogP contribution in [0.1, 0.15) is 41.0 Å². The average Bonchev–Trinajstić information content (AvgIpc) is 3.13. The fourth-order valence-electron chi connectivity index (χ4n) is 3.17. The first-order chi connectivity index (χ1) is 10.6. The van der Waals surface area contributed by atoms with E-state index in [2.05, 4.69) is 22.2 Å². The fourth-order valence-corrected chi connectivity index (χ4v) is 3.17. The minimum absolute atomic E-state index is 0.0639. The second-order valence-corrected chi connectivity index (χ2v) is 6.01. The van der Waals surface area contributed by atoms with Gasteiger partial charge < -0.3 is 4.90 Å². The standard InChI is InChI=1S/C17H22N4O/c1-13-12-14(7-9-18-13)5-6-15-4-3-10-21(15)17(22)16-8-11-20(2)19-16/h7-9,11-12,15H,3-6,10H2,1-2H3/t15-/m0/s1. The van der Waals surface area contributed by atoms with Crippen molar-refractivity contribution in [1.29, 1.82) is 0 Å². The number of carbonyl (C=O) groups is 1. The molecule has 5 nitrogen and oxygen atoms in total. The Morgan fingerprint density at radius 2 is 2.27 bits per heavy atom. The summed E-state index contributed by atoms with van der Waals surface area (Å²) < 4.78 is 1.68. The number of pyridine rings is 1. The van der Waals surface area contributed by atoms with Crippen LogP contribution in [0.2, 0.25) is 0 Å². The van der Waals surface area contributed by atoms with Gasteiger partial charge in [-0.25, -0.2) is 0 Å². The zero-order valence-corrected chi connectivity index (χ0v) is 13.2. The number of aryl methyl sites for hydroxylation is 3. The highest BCUT2D eigenvalue weighted by Crippen LogP contribution is 2.23. The lowest BCUT2D eigenvalue weighted by Gasteiger charge is -2.24. The largest absolute Gasteiger partial charge is 0.334 e. The molecule has 0 saturated carbocycles. The molecule has 0 aromatic carbocycles. The third kappa shape index (κ3) is 3.18. The van der Waals surface area contributed by atoms with Crippen LogP contribution in [-0.2, 0) is 13.5 Å². The molecule has 1 amide bonds. The van der Waals surface area contributed by atoms with Gasteiger partial charge in [0.1, 0.15) is 5.69 Å². The predicted octanol–water partition coefficient (Wildman–Crippen LogP) is 2.36. The molecule has 1 aliphatic rings. The minimum atomic E-state index is 0.0639. The minimum Gasteiger partial charge on any atom is -0.334 e. The van der Waals surface area contributed by atoms with Crippen molar-refractivity contribution in [1.82, 2.24) is 19.7 Å². The van der Waals surface area contributed by atoms with Gasteiger partial charge >= 0.3 is 0 Å². The second kappa shape index (κ2) is 6.30. The number of amides is 1. The predicted molar refractivity (Wildman–Crippen MR) is 84.6 cm³/mol. The second-order valence-electron chi connectivity index (χ2n) is 6.01. The Hall–Kier alpha value is -2.17. The SMILES string of the molecule is Cc1cc(CC[C@@H]2CCCN2C(=O)c2ccn(C)n2)ccn1. The molecule has 1 saturated heterocycles. The number of likely N-dealkylation sites (tertiary alicyclic amines) is 1. The molecule has 3 heterocycles. The van der Waals surface area contributed by atoms with E-state index in [1.54, 1.807) is 10.7 Å². The highest BCUT2D eigenvalue weighted by Gasteiger charge is 2.30. The first kappa shape index (κ1) is 14.8. The molecule has 0 unspecified atom stereocenters. The van der Waals surface area contributed by atoms with E-state index in [4.69, 9.17) is 0 Å². The topological polar surface area (TPSA) is 51.0 Å². The summed E-state index contributed by atoms with van der Waals surface area (Å²) in [5.74, 6) is 0.0639. The normalized spacial score (nSPS) is 17.9. The smallest absolute Gasteiger partial charge is 0.274 e. The van der Waals surface area contributed by atoms with E-state index in [-0.39, 0.29) is 5.91 Å². The number of aromatic nitrogens is 3. The van der Waals surface area contributed by atoms with Crippen LogP contribution >= 0.6 is 0 Å². The summed E-state index contributed by atoms with van der Waals surface area (Å²) in [5, 5.41) is 4.24. The van der Waals surface area contributed by atoms with Crippen LogP contribution in [0.3, 0.4) is 0 Å². The molecule has 1 aliphatic heterocycles. The molecule has 0 spiro atoms. The molecule has 1 fully saturated rings. The monoisotopic (exact) mass is 298 g/mol. The molecule has 1 atom stereocenters. The van der Waals surface area contributed by atoms with Crippen LogP contribution in [0.15, 0.2) is 30.6 Å². The van der Waals surface area contributed by atoms with Gasteiger partial charge in [-0.3, -0.25) is 14.5 Å². The number of nitrogens with zero attached hydrogens (tertiary/aromatic N) is 4. The molecule has 0 aliphatic carbocycles. The number of carbonyl (C=O) groups excluding carboxylic acids is 1. The van der Waals surface area contributed by atoms with Crippen molar-refractivity contribution in [3.05, 3.63) is 47.5 Å². The third-order valence-electron chi connectivity index (χ3n) is 4.30. The van der Waals surface area contributed by atoms with Gasteiger partial charge in [0.2, 0.25) is 0 Å². The van der Waals surface area contributed by atoms with Gasteiger partial charge in [0.05, 0.1) is 0 Å². The molecular weight excluding hydrogens is 276 g/mol. The van der Waals surface area contributed by atoms with E-state index in [1.165, 1.54) is 5.56 Å². The summed E-state index contributed by atoms with van der Waals surface area (Å²) in [6.07, 6.45) is 7.83. The summed E-state index contributed by atoms with van der Waals surface area (Å²) in [6.45, 7) is 2.85. The van der Waals surface area contributed by atoms with Crippen LogP contribution in [0.25, 0.3) is 0 Å². The van der Waals surface area contributed by atoms with Gasteiger partial charge in [-0.05, 0) is 56.4 Å². The van der Waals surface area contributed by atoms with Crippen LogP contribution in [0.5, 0.6) is 0 Å². The maximum absolute atomic E-state index is 12.6. The molecule has 0 N–H and O–H groups in total. The lowest BCUT2D eigenvalue weighted by atomic mass is 10.0. The Labute approximate surface area is 131 Å². The van der Waals surface area contributed by atoms with E-state index in [0.717, 1.165) is 37.9 Å². The Kier molecular flexibility index (Phi) is 4.22. The molecule has 116 valence electrons. The number of hydrogen-bond donors (Lipinski definition) is 0. The first-order valence-electron chi connectivity index (χ1n) is 7.85. The molecule has 0 radical (unpaired) electrons. The number of rotatable bonds is 4. The molecular formula is C17H22N4O.